The van der Waals surface area contributed by atoms with E-state index in [9.17, 15) is 0 Å². The lowest BCUT2D eigenvalue weighted by Crippen LogP contribution is -2.09. The van der Waals surface area contributed by atoms with Crippen molar-refractivity contribution in [3.63, 3.8) is 0 Å². The topological polar surface area (TPSA) is 24.9 Å². The normalized spacial score (nSPS) is 12.3. The van der Waals surface area contributed by atoms with Gasteiger partial charge in [-0.15, -0.1) is 0 Å². The average molecular weight is 360 g/mol. The fourth-order valence-electron chi connectivity index (χ4n) is 1.85. The maximum atomic E-state index is 6.22. The van der Waals surface area contributed by atoms with Gasteiger partial charge in [0.2, 0.25) is 0 Å². The van der Waals surface area contributed by atoms with E-state index in [1.165, 1.54) is 0 Å². The van der Waals surface area contributed by atoms with E-state index in [0.717, 1.165) is 21.5 Å². The highest BCUT2D eigenvalue weighted by Gasteiger charge is 2.12. The van der Waals surface area contributed by atoms with Crippen molar-refractivity contribution in [2.75, 3.05) is 5.32 Å². The van der Waals surface area contributed by atoms with Crippen molar-refractivity contribution in [3.05, 3.63) is 56.2 Å². The Hall–Kier alpha value is -0.770. The van der Waals surface area contributed by atoms with Gasteiger partial charge in [0.25, 0.3) is 0 Å². The summed E-state index contributed by atoms with van der Waals surface area (Å²) >= 11 is 15.6. The summed E-state index contributed by atoms with van der Waals surface area (Å²) in [6, 6.07) is 9.59. The van der Waals surface area contributed by atoms with E-state index in [-0.39, 0.29) is 6.04 Å². The van der Waals surface area contributed by atoms with Crippen LogP contribution in [-0.2, 0) is 0 Å². The second-order valence-corrected chi connectivity index (χ2v) is 5.87. The zero-order chi connectivity index (χ0) is 14.0. The molecule has 0 spiro atoms. The maximum Gasteiger partial charge on any atom is 0.106 e. The summed E-state index contributed by atoms with van der Waals surface area (Å²) in [5.41, 5.74) is 2.88. The maximum absolute atomic E-state index is 6.22. The molecule has 2 aromatic rings. The van der Waals surface area contributed by atoms with Crippen LogP contribution in [0, 0.1) is 6.92 Å². The largest absolute Gasteiger partial charge is 0.377 e. The molecule has 100 valence electrons. The van der Waals surface area contributed by atoms with Crippen molar-refractivity contribution < 1.29 is 0 Å². The van der Waals surface area contributed by atoms with Crippen LogP contribution in [0.2, 0.25) is 10.0 Å². The summed E-state index contributed by atoms with van der Waals surface area (Å²) in [5.74, 6) is 0. The van der Waals surface area contributed by atoms with Crippen molar-refractivity contribution >= 4 is 44.8 Å². The molecule has 0 fully saturated rings. The van der Waals surface area contributed by atoms with Crippen LogP contribution in [0.3, 0.4) is 0 Å². The molecule has 0 radical (unpaired) electrons. The highest BCUT2D eigenvalue weighted by Crippen LogP contribution is 2.32. The van der Waals surface area contributed by atoms with Gasteiger partial charge in [-0.05, 0) is 53.5 Å². The van der Waals surface area contributed by atoms with Gasteiger partial charge < -0.3 is 5.32 Å². The lowest BCUT2D eigenvalue weighted by Gasteiger charge is -2.18. The Kier molecular flexibility index (Phi) is 4.71. The van der Waals surface area contributed by atoms with Gasteiger partial charge in [-0.3, -0.25) is 0 Å². The van der Waals surface area contributed by atoms with Crippen LogP contribution in [0.1, 0.15) is 24.2 Å². The third-order valence-corrected chi connectivity index (χ3v) is 4.15. The van der Waals surface area contributed by atoms with Gasteiger partial charge in [0.1, 0.15) is 4.60 Å². The van der Waals surface area contributed by atoms with Crippen LogP contribution in [0.15, 0.2) is 34.9 Å². The molecule has 2 nitrogen and oxygen atoms in total. The minimum atomic E-state index is 0.0490. The first-order valence-electron chi connectivity index (χ1n) is 5.82. The molecule has 0 saturated heterocycles. The molecule has 2 rings (SSSR count). The van der Waals surface area contributed by atoms with E-state index in [0.29, 0.717) is 10.0 Å². The molecule has 1 N–H and O–H groups in total. The van der Waals surface area contributed by atoms with Gasteiger partial charge in [0, 0.05) is 0 Å². The van der Waals surface area contributed by atoms with Crippen LogP contribution >= 0.6 is 39.1 Å². The second kappa shape index (κ2) is 6.12. The number of nitrogens with one attached hydrogen (secondary N) is 1. The Morgan fingerprint density at radius 1 is 1.21 bits per heavy atom. The van der Waals surface area contributed by atoms with E-state index in [2.05, 4.69) is 26.2 Å². The predicted octanol–water partition coefficient (Wildman–Crippen LogP) is 5.63. The summed E-state index contributed by atoms with van der Waals surface area (Å²) in [6.07, 6.45) is 0. The van der Waals surface area contributed by atoms with Crippen LogP contribution < -0.4 is 5.32 Å². The van der Waals surface area contributed by atoms with Gasteiger partial charge in [-0.2, -0.15) is 0 Å². The van der Waals surface area contributed by atoms with Crippen LogP contribution in [-0.4, -0.2) is 4.98 Å². The summed E-state index contributed by atoms with van der Waals surface area (Å²) in [7, 11) is 0. The Balaban J connectivity index is 2.25. The quantitative estimate of drug-likeness (QED) is 0.718. The fraction of sp³-hybridized carbons (Fsp3) is 0.214. The van der Waals surface area contributed by atoms with E-state index >= 15 is 0 Å². The standard InChI is InChI=1S/C14H13BrCl2N2/c1-8(10-4-3-5-11(16)14(10)17)18-12-6-7-13(15)19-9(12)2/h3-8,18H,1-2H3. The van der Waals surface area contributed by atoms with Gasteiger partial charge in [0.15, 0.2) is 0 Å². The molecule has 19 heavy (non-hydrogen) atoms. The van der Waals surface area contributed by atoms with Crippen molar-refractivity contribution in [1.82, 2.24) is 4.98 Å². The molecule has 1 atom stereocenters. The predicted molar refractivity (Wildman–Crippen MR) is 85.2 cm³/mol. The number of aromatic nitrogens is 1. The van der Waals surface area contributed by atoms with E-state index in [1.807, 2.05) is 38.1 Å². The second-order valence-electron chi connectivity index (χ2n) is 4.28. The lowest BCUT2D eigenvalue weighted by molar-refractivity contribution is 0.879. The zero-order valence-electron chi connectivity index (χ0n) is 10.5. The molecule has 5 heteroatoms. The molecule has 0 saturated carbocycles. The van der Waals surface area contributed by atoms with Gasteiger partial charge in [-0.1, -0.05) is 35.3 Å². The number of aryl methyl sites for hydroxylation is 1. The third-order valence-electron chi connectivity index (χ3n) is 2.87. The van der Waals surface area contributed by atoms with Crippen LogP contribution in [0.5, 0.6) is 0 Å². The van der Waals surface area contributed by atoms with Crippen LogP contribution in [0.25, 0.3) is 0 Å². The first kappa shape index (κ1) is 14.6. The number of hydrogen-bond donors (Lipinski definition) is 1. The van der Waals surface area contributed by atoms with Crippen molar-refractivity contribution in [2.24, 2.45) is 0 Å². The first-order chi connectivity index (χ1) is 8.99. The van der Waals surface area contributed by atoms with Gasteiger partial charge in [-0.25, -0.2) is 4.98 Å². The van der Waals surface area contributed by atoms with Crippen LogP contribution in [0.4, 0.5) is 5.69 Å². The van der Waals surface area contributed by atoms with E-state index in [1.54, 1.807) is 6.07 Å². The molecule has 0 aliphatic heterocycles. The molecule has 1 unspecified atom stereocenters. The number of rotatable bonds is 3. The SMILES string of the molecule is Cc1nc(Br)ccc1NC(C)c1cccc(Cl)c1Cl. The highest BCUT2D eigenvalue weighted by atomic mass is 79.9. The minimum Gasteiger partial charge on any atom is -0.377 e. The summed E-state index contributed by atoms with van der Waals surface area (Å²) in [6.45, 7) is 4.00. The lowest BCUT2D eigenvalue weighted by atomic mass is 10.1. The molecular formula is C14H13BrCl2N2. The third kappa shape index (κ3) is 3.41. The Bertz CT molecular complexity index is 602. The molecule has 1 aromatic carbocycles. The molecule has 1 heterocycles. The zero-order valence-corrected chi connectivity index (χ0v) is 13.6. The van der Waals surface area contributed by atoms with Crippen molar-refractivity contribution in [3.8, 4) is 0 Å². The number of pyridine rings is 1. The highest BCUT2D eigenvalue weighted by molar-refractivity contribution is 9.10. The number of benzene rings is 1. The summed E-state index contributed by atoms with van der Waals surface area (Å²) in [4.78, 5) is 4.36. The minimum absolute atomic E-state index is 0.0490. The van der Waals surface area contributed by atoms with E-state index in [4.69, 9.17) is 23.2 Å². The molecule has 0 bridgehead atoms. The number of halogens is 3. The molecule has 0 amide bonds. The monoisotopic (exact) mass is 358 g/mol. The fourth-order valence-corrected chi connectivity index (χ4v) is 2.72. The Labute approximate surface area is 131 Å². The van der Waals surface area contributed by atoms with Gasteiger partial charge >= 0.3 is 0 Å². The summed E-state index contributed by atoms with van der Waals surface area (Å²) in [5, 5.41) is 4.55. The number of nitrogens with zero attached hydrogens (tertiary/aromatic N) is 1. The Morgan fingerprint density at radius 2 is 1.95 bits per heavy atom. The van der Waals surface area contributed by atoms with Crippen molar-refractivity contribution in [2.45, 2.75) is 19.9 Å². The number of hydrogen-bond acceptors (Lipinski definition) is 2. The smallest absolute Gasteiger partial charge is 0.106 e. The molecule has 0 aliphatic carbocycles. The first-order valence-corrected chi connectivity index (χ1v) is 7.37. The van der Waals surface area contributed by atoms with E-state index < -0.39 is 0 Å². The number of anilines is 1. The average Bonchev–Trinajstić information content (AvgIpc) is 2.36. The van der Waals surface area contributed by atoms with Crippen molar-refractivity contribution in [1.29, 1.82) is 0 Å². The molecular weight excluding hydrogens is 347 g/mol. The molecule has 0 aliphatic rings. The summed E-state index contributed by atoms with van der Waals surface area (Å²) < 4.78 is 0.823. The van der Waals surface area contributed by atoms with Gasteiger partial charge in [0.05, 0.1) is 27.5 Å². The molecule has 1 aromatic heterocycles. The Morgan fingerprint density at radius 3 is 2.63 bits per heavy atom.